The zero-order valence-corrected chi connectivity index (χ0v) is 15.1. The number of benzene rings is 1. The summed E-state index contributed by atoms with van der Waals surface area (Å²) in [5.41, 5.74) is 1.26. The molecule has 0 aliphatic carbocycles. The molecule has 0 radical (unpaired) electrons. The van der Waals surface area contributed by atoms with E-state index in [2.05, 4.69) is 13.0 Å². The maximum absolute atomic E-state index is 10.9. The first kappa shape index (κ1) is 18.1. The number of unbranched alkanes of at least 4 members (excludes halogenated alkanes) is 3. The Labute approximate surface area is 149 Å². The molecule has 2 aliphatic rings. The highest BCUT2D eigenvalue weighted by molar-refractivity contribution is 5.69. The fourth-order valence-electron chi connectivity index (χ4n) is 3.90. The number of carboxylic acid groups (broad SMARTS) is 1. The van der Waals surface area contributed by atoms with Crippen molar-refractivity contribution in [2.45, 2.75) is 50.9 Å². The predicted molar refractivity (Wildman–Crippen MR) is 96.6 cm³/mol. The Balaban J connectivity index is 1.61. The first-order chi connectivity index (χ1) is 12.1. The standard InChI is InChI=1S/C20H29NO4/c1-2-3-4-5-12-24-16-6-7-18-17(13-16)20(15-25-18)8-10-21(11-9-20)14-19(22)23/h6-7,13H,2-5,8-12,14-15H2,1H3,(H,22,23). The molecular weight excluding hydrogens is 318 g/mol. The fourth-order valence-corrected chi connectivity index (χ4v) is 3.90. The van der Waals surface area contributed by atoms with Crippen LogP contribution in [0.15, 0.2) is 18.2 Å². The SMILES string of the molecule is CCCCCCOc1ccc2c(c1)C1(CCN(CC(=O)O)CC1)CO2. The van der Waals surface area contributed by atoms with Crippen LogP contribution in [0, 0.1) is 0 Å². The van der Waals surface area contributed by atoms with E-state index in [0.717, 1.165) is 50.5 Å². The molecule has 0 amide bonds. The summed E-state index contributed by atoms with van der Waals surface area (Å²) in [5, 5.41) is 8.97. The lowest BCUT2D eigenvalue weighted by atomic mass is 9.74. The Morgan fingerprint density at radius 2 is 2.08 bits per heavy atom. The van der Waals surface area contributed by atoms with Gasteiger partial charge in [-0.15, -0.1) is 0 Å². The second kappa shape index (κ2) is 8.09. The van der Waals surface area contributed by atoms with Gasteiger partial charge in [-0.3, -0.25) is 9.69 Å². The van der Waals surface area contributed by atoms with E-state index in [-0.39, 0.29) is 12.0 Å². The summed E-state index contributed by atoms with van der Waals surface area (Å²) >= 11 is 0. The van der Waals surface area contributed by atoms with Gasteiger partial charge in [-0.1, -0.05) is 26.2 Å². The van der Waals surface area contributed by atoms with E-state index in [1.54, 1.807) is 0 Å². The summed E-state index contributed by atoms with van der Waals surface area (Å²) in [6.45, 7) is 5.41. The van der Waals surface area contributed by atoms with Gasteiger partial charge in [0.25, 0.3) is 0 Å². The number of carbonyl (C=O) groups is 1. The average molecular weight is 347 g/mol. The van der Waals surface area contributed by atoms with Gasteiger partial charge in [0.15, 0.2) is 0 Å². The quantitative estimate of drug-likeness (QED) is 0.730. The molecule has 1 saturated heterocycles. The maximum Gasteiger partial charge on any atom is 0.317 e. The lowest BCUT2D eigenvalue weighted by Gasteiger charge is -2.37. The van der Waals surface area contributed by atoms with Crippen LogP contribution in [-0.4, -0.2) is 48.8 Å². The Hall–Kier alpha value is -1.75. The molecule has 3 rings (SSSR count). The largest absolute Gasteiger partial charge is 0.494 e. The number of carboxylic acids is 1. The van der Waals surface area contributed by atoms with Crippen molar-refractivity contribution in [2.75, 3.05) is 32.8 Å². The molecule has 0 aromatic heterocycles. The van der Waals surface area contributed by atoms with E-state index in [4.69, 9.17) is 14.6 Å². The lowest BCUT2D eigenvalue weighted by molar-refractivity contribution is -0.138. The predicted octanol–water partition coefficient (Wildman–Crippen LogP) is 3.46. The molecule has 0 bridgehead atoms. The number of fused-ring (bicyclic) bond motifs is 2. The summed E-state index contributed by atoms with van der Waals surface area (Å²) in [4.78, 5) is 12.9. The van der Waals surface area contributed by atoms with E-state index >= 15 is 0 Å². The van der Waals surface area contributed by atoms with Gasteiger partial charge in [0, 0.05) is 11.0 Å². The number of nitrogens with zero attached hydrogens (tertiary/aromatic N) is 1. The zero-order chi connectivity index (χ0) is 17.7. The van der Waals surface area contributed by atoms with Crippen molar-refractivity contribution < 1.29 is 19.4 Å². The van der Waals surface area contributed by atoms with Crippen LogP contribution in [0.5, 0.6) is 11.5 Å². The number of hydrogen-bond donors (Lipinski definition) is 1. The molecule has 1 aromatic rings. The molecule has 0 atom stereocenters. The van der Waals surface area contributed by atoms with E-state index in [1.807, 2.05) is 17.0 Å². The normalized spacial score (nSPS) is 18.8. The third-order valence-electron chi connectivity index (χ3n) is 5.47. The highest BCUT2D eigenvalue weighted by Gasteiger charge is 2.43. The van der Waals surface area contributed by atoms with Crippen molar-refractivity contribution in [3.63, 3.8) is 0 Å². The third-order valence-corrected chi connectivity index (χ3v) is 5.47. The molecule has 25 heavy (non-hydrogen) atoms. The molecule has 0 unspecified atom stereocenters. The average Bonchev–Trinajstić information content (AvgIpc) is 2.95. The van der Waals surface area contributed by atoms with Gasteiger partial charge in [0.2, 0.25) is 0 Å². The Kier molecular flexibility index (Phi) is 5.84. The third kappa shape index (κ3) is 4.27. The highest BCUT2D eigenvalue weighted by atomic mass is 16.5. The Morgan fingerprint density at radius 3 is 2.80 bits per heavy atom. The summed E-state index contributed by atoms with van der Waals surface area (Å²) in [6, 6.07) is 6.17. The summed E-state index contributed by atoms with van der Waals surface area (Å²) in [5.74, 6) is 1.14. The van der Waals surface area contributed by atoms with Gasteiger partial charge in [-0.25, -0.2) is 0 Å². The highest BCUT2D eigenvalue weighted by Crippen LogP contribution is 2.46. The molecule has 1 spiro atoms. The van der Waals surface area contributed by atoms with Crippen LogP contribution in [0.1, 0.15) is 51.0 Å². The molecule has 138 valence electrons. The molecule has 1 aromatic carbocycles. The van der Waals surface area contributed by atoms with Crippen LogP contribution < -0.4 is 9.47 Å². The number of aliphatic carboxylic acids is 1. The second-order valence-electron chi connectivity index (χ2n) is 7.31. The van der Waals surface area contributed by atoms with E-state index in [1.165, 1.54) is 24.8 Å². The fraction of sp³-hybridized carbons (Fsp3) is 0.650. The van der Waals surface area contributed by atoms with Gasteiger partial charge in [0.1, 0.15) is 11.5 Å². The number of likely N-dealkylation sites (tertiary alicyclic amines) is 1. The molecule has 0 saturated carbocycles. The summed E-state index contributed by atoms with van der Waals surface area (Å²) in [7, 11) is 0. The number of hydrogen-bond acceptors (Lipinski definition) is 4. The first-order valence-electron chi connectivity index (χ1n) is 9.47. The van der Waals surface area contributed by atoms with Crippen molar-refractivity contribution in [3.8, 4) is 11.5 Å². The van der Waals surface area contributed by atoms with Crippen molar-refractivity contribution in [1.82, 2.24) is 4.90 Å². The minimum atomic E-state index is -0.752. The van der Waals surface area contributed by atoms with Gasteiger partial charge >= 0.3 is 5.97 Å². The zero-order valence-electron chi connectivity index (χ0n) is 15.1. The monoisotopic (exact) mass is 347 g/mol. The number of piperidine rings is 1. The second-order valence-corrected chi connectivity index (χ2v) is 7.31. The minimum absolute atomic E-state index is 0.0198. The smallest absolute Gasteiger partial charge is 0.317 e. The van der Waals surface area contributed by atoms with Gasteiger partial charge in [-0.2, -0.15) is 0 Å². The van der Waals surface area contributed by atoms with Crippen LogP contribution in [0.4, 0.5) is 0 Å². The Bertz CT molecular complexity index is 593. The van der Waals surface area contributed by atoms with Crippen LogP contribution in [0.3, 0.4) is 0 Å². The van der Waals surface area contributed by atoms with E-state index in [0.29, 0.717) is 6.61 Å². The van der Waals surface area contributed by atoms with Crippen LogP contribution in [-0.2, 0) is 10.2 Å². The van der Waals surface area contributed by atoms with Crippen molar-refractivity contribution in [1.29, 1.82) is 0 Å². The van der Waals surface area contributed by atoms with Gasteiger partial charge in [0.05, 0.1) is 19.8 Å². The Morgan fingerprint density at radius 1 is 1.28 bits per heavy atom. The topological polar surface area (TPSA) is 59.0 Å². The van der Waals surface area contributed by atoms with E-state index < -0.39 is 5.97 Å². The summed E-state index contributed by atoms with van der Waals surface area (Å²) in [6.07, 6.45) is 6.68. The summed E-state index contributed by atoms with van der Waals surface area (Å²) < 4.78 is 11.9. The molecular formula is C20H29NO4. The van der Waals surface area contributed by atoms with Crippen molar-refractivity contribution >= 4 is 5.97 Å². The van der Waals surface area contributed by atoms with Crippen LogP contribution in [0.25, 0.3) is 0 Å². The maximum atomic E-state index is 10.9. The van der Waals surface area contributed by atoms with Crippen LogP contribution >= 0.6 is 0 Å². The number of rotatable bonds is 8. The van der Waals surface area contributed by atoms with Gasteiger partial charge < -0.3 is 14.6 Å². The molecule has 1 fully saturated rings. The molecule has 2 aliphatic heterocycles. The first-order valence-corrected chi connectivity index (χ1v) is 9.47. The lowest BCUT2D eigenvalue weighted by Crippen LogP contribution is -2.45. The molecule has 2 heterocycles. The van der Waals surface area contributed by atoms with Crippen LogP contribution in [0.2, 0.25) is 0 Å². The molecule has 1 N–H and O–H groups in total. The van der Waals surface area contributed by atoms with Gasteiger partial charge in [-0.05, 0) is 50.6 Å². The molecule has 5 heteroatoms. The van der Waals surface area contributed by atoms with E-state index in [9.17, 15) is 4.79 Å². The van der Waals surface area contributed by atoms with Crippen molar-refractivity contribution in [3.05, 3.63) is 23.8 Å². The minimum Gasteiger partial charge on any atom is -0.494 e. The molecule has 5 nitrogen and oxygen atoms in total. The van der Waals surface area contributed by atoms with Crippen molar-refractivity contribution in [2.24, 2.45) is 0 Å². The number of ether oxygens (including phenoxy) is 2.